The van der Waals surface area contributed by atoms with Crippen molar-refractivity contribution < 1.29 is 19.4 Å². The summed E-state index contributed by atoms with van der Waals surface area (Å²) in [5, 5.41) is 8.96. The van der Waals surface area contributed by atoms with Gasteiger partial charge in [0.15, 0.2) is 11.5 Å². The minimum atomic E-state index is -0.0675. The lowest BCUT2D eigenvalue weighted by Crippen LogP contribution is -2.38. The summed E-state index contributed by atoms with van der Waals surface area (Å²) >= 11 is 0. The molecule has 0 radical (unpaired) electrons. The first-order valence-corrected chi connectivity index (χ1v) is 7.27. The van der Waals surface area contributed by atoms with Gasteiger partial charge in [-0.05, 0) is 45.4 Å². The van der Waals surface area contributed by atoms with Gasteiger partial charge in [-0.3, -0.25) is 4.79 Å². The summed E-state index contributed by atoms with van der Waals surface area (Å²) < 4.78 is 10.7. The predicted molar refractivity (Wildman–Crippen MR) is 82.0 cm³/mol. The summed E-state index contributed by atoms with van der Waals surface area (Å²) in [6, 6.07) is 5.25. The van der Waals surface area contributed by atoms with Gasteiger partial charge in [0.05, 0.1) is 13.7 Å². The second-order valence-corrected chi connectivity index (χ2v) is 4.97. The van der Waals surface area contributed by atoms with E-state index in [1.54, 1.807) is 30.2 Å². The molecule has 5 nitrogen and oxygen atoms in total. The topological polar surface area (TPSA) is 59.0 Å². The Bertz CT molecular complexity index is 460. The number of amides is 1. The molecular weight excluding hydrogens is 270 g/mol. The van der Waals surface area contributed by atoms with Crippen LogP contribution in [0.3, 0.4) is 0 Å². The standard InChI is InChI=1S/C16H25NO4/c1-5-21-15-11-13(7-8-14(15)20-4)16(19)17(12(2)3)9-6-10-18/h7-8,11-12,18H,5-6,9-10H2,1-4H3. The van der Waals surface area contributed by atoms with Crippen LogP contribution in [0, 0.1) is 0 Å². The highest BCUT2D eigenvalue weighted by molar-refractivity contribution is 5.95. The first kappa shape index (κ1) is 17.3. The molecule has 1 aromatic rings. The van der Waals surface area contributed by atoms with E-state index in [-0.39, 0.29) is 18.6 Å². The number of nitrogens with zero attached hydrogens (tertiary/aromatic N) is 1. The van der Waals surface area contributed by atoms with Crippen molar-refractivity contribution in [2.24, 2.45) is 0 Å². The minimum Gasteiger partial charge on any atom is -0.493 e. The molecule has 0 aliphatic heterocycles. The number of rotatable bonds is 8. The molecule has 1 rings (SSSR count). The van der Waals surface area contributed by atoms with Crippen molar-refractivity contribution in [2.75, 3.05) is 26.9 Å². The van der Waals surface area contributed by atoms with Gasteiger partial charge >= 0.3 is 0 Å². The number of carbonyl (C=O) groups is 1. The van der Waals surface area contributed by atoms with Crippen LogP contribution in [0.15, 0.2) is 18.2 Å². The molecule has 5 heteroatoms. The Morgan fingerprint density at radius 3 is 2.57 bits per heavy atom. The third-order valence-corrected chi connectivity index (χ3v) is 3.15. The van der Waals surface area contributed by atoms with Crippen molar-refractivity contribution >= 4 is 5.91 Å². The van der Waals surface area contributed by atoms with Crippen molar-refractivity contribution in [3.8, 4) is 11.5 Å². The zero-order chi connectivity index (χ0) is 15.8. The molecular formula is C16H25NO4. The quantitative estimate of drug-likeness (QED) is 0.799. The maximum Gasteiger partial charge on any atom is 0.254 e. The van der Waals surface area contributed by atoms with Crippen molar-refractivity contribution in [3.05, 3.63) is 23.8 Å². The summed E-state index contributed by atoms with van der Waals surface area (Å²) in [6.07, 6.45) is 0.568. The zero-order valence-electron chi connectivity index (χ0n) is 13.3. The highest BCUT2D eigenvalue weighted by Crippen LogP contribution is 2.28. The minimum absolute atomic E-state index is 0.0675. The molecule has 0 unspecified atom stereocenters. The van der Waals surface area contributed by atoms with Crippen molar-refractivity contribution in [1.29, 1.82) is 0 Å². The number of hydrogen-bond acceptors (Lipinski definition) is 4. The van der Waals surface area contributed by atoms with E-state index in [0.29, 0.717) is 36.6 Å². The largest absolute Gasteiger partial charge is 0.493 e. The van der Waals surface area contributed by atoms with Gasteiger partial charge < -0.3 is 19.5 Å². The Morgan fingerprint density at radius 2 is 2.05 bits per heavy atom. The number of aliphatic hydroxyl groups is 1. The molecule has 1 aromatic carbocycles. The summed E-state index contributed by atoms with van der Waals surface area (Å²) in [6.45, 7) is 6.92. The molecule has 0 fully saturated rings. The lowest BCUT2D eigenvalue weighted by Gasteiger charge is -2.27. The van der Waals surface area contributed by atoms with E-state index < -0.39 is 0 Å². The van der Waals surface area contributed by atoms with E-state index in [4.69, 9.17) is 14.6 Å². The van der Waals surface area contributed by atoms with E-state index in [2.05, 4.69) is 0 Å². The van der Waals surface area contributed by atoms with Gasteiger partial charge in [-0.15, -0.1) is 0 Å². The summed E-state index contributed by atoms with van der Waals surface area (Å²) in [4.78, 5) is 14.3. The van der Waals surface area contributed by atoms with Crippen molar-refractivity contribution in [1.82, 2.24) is 4.90 Å². The molecule has 0 saturated carbocycles. The fraction of sp³-hybridized carbons (Fsp3) is 0.562. The van der Waals surface area contributed by atoms with Crippen molar-refractivity contribution in [2.45, 2.75) is 33.2 Å². The molecule has 0 atom stereocenters. The Hall–Kier alpha value is -1.75. The smallest absolute Gasteiger partial charge is 0.254 e. The number of methoxy groups -OCH3 is 1. The predicted octanol–water partition coefficient (Wildman–Crippen LogP) is 2.33. The fourth-order valence-electron chi connectivity index (χ4n) is 2.08. The molecule has 0 aliphatic rings. The molecule has 0 aliphatic carbocycles. The average molecular weight is 295 g/mol. The Labute approximate surface area is 126 Å². The average Bonchev–Trinajstić information content (AvgIpc) is 2.47. The molecule has 1 N–H and O–H groups in total. The molecule has 118 valence electrons. The molecule has 0 bridgehead atoms. The Kier molecular flexibility index (Phi) is 7.02. The third-order valence-electron chi connectivity index (χ3n) is 3.15. The van der Waals surface area contributed by atoms with Crippen LogP contribution in [0.4, 0.5) is 0 Å². The van der Waals surface area contributed by atoms with Crippen LogP contribution in [0.25, 0.3) is 0 Å². The van der Waals surface area contributed by atoms with E-state index in [1.165, 1.54) is 0 Å². The molecule has 21 heavy (non-hydrogen) atoms. The summed E-state index contributed by atoms with van der Waals surface area (Å²) in [7, 11) is 1.57. The highest BCUT2D eigenvalue weighted by Gasteiger charge is 2.19. The van der Waals surface area contributed by atoms with E-state index in [9.17, 15) is 4.79 Å². The monoisotopic (exact) mass is 295 g/mol. The van der Waals surface area contributed by atoms with Crippen LogP contribution in [0.5, 0.6) is 11.5 Å². The van der Waals surface area contributed by atoms with Crippen LogP contribution >= 0.6 is 0 Å². The molecule has 1 amide bonds. The lowest BCUT2D eigenvalue weighted by atomic mass is 10.1. The molecule has 0 saturated heterocycles. The second-order valence-electron chi connectivity index (χ2n) is 4.97. The van der Waals surface area contributed by atoms with Gasteiger partial charge in [-0.1, -0.05) is 0 Å². The van der Waals surface area contributed by atoms with Crippen LogP contribution < -0.4 is 9.47 Å². The van der Waals surface area contributed by atoms with Crippen LogP contribution in [0.2, 0.25) is 0 Å². The molecule has 0 heterocycles. The van der Waals surface area contributed by atoms with E-state index >= 15 is 0 Å². The highest BCUT2D eigenvalue weighted by atomic mass is 16.5. The van der Waals surface area contributed by atoms with Gasteiger partial charge in [0.2, 0.25) is 0 Å². The number of ether oxygens (including phenoxy) is 2. The Balaban J connectivity index is 3.01. The first-order chi connectivity index (χ1) is 10.0. The first-order valence-electron chi connectivity index (χ1n) is 7.27. The van der Waals surface area contributed by atoms with Gasteiger partial charge in [0, 0.05) is 24.8 Å². The number of hydrogen-bond donors (Lipinski definition) is 1. The summed E-state index contributed by atoms with van der Waals surface area (Å²) in [5.41, 5.74) is 0.561. The summed E-state index contributed by atoms with van der Waals surface area (Å²) in [5.74, 6) is 1.11. The number of benzene rings is 1. The number of aliphatic hydroxyl groups excluding tert-OH is 1. The van der Waals surface area contributed by atoms with Crippen LogP contribution in [0.1, 0.15) is 37.6 Å². The number of carbonyl (C=O) groups excluding carboxylic acids is 1. The zero-order valence-corrected chi connectivity index (χ0v) is 13.3. The SMILES string of the molecule is CCOc1cc(C(=O)N(CCCO)C(C)C)ccc1OC. The third kappa shape index (κ3) is 4.63. The van der Waals surface area contributed by atoms with Gasteiger partial charge in [0.1, 0.15) is 0 Å². The van der Waals surface area contributed by atoms with Gasteiger partial charge in [-0.2, -0.15) is 0 Å². The lowest BCUT2D eigenvalue weighted by molar-refractivity contribution is 0.0692. The maximum absolute atomic E-state index is 12.6. The normalized spacial score (nSPS) is 10.6. The van der Waals surface area contributed by atoms with Crippen LogP contribution in [-0.2, 0) is 0 Å². The maximum atomic E-state index is 12.6. The van der Waals surface area contributed by atoms with E-state index in [0.717, 1.165) is 0 Å². The van der Waals surface area contributed by atoms with Gasteiger partial charge in [-0.25, -0.2) is 0 Å². The van der Waals surface area contributed by atoms with Crippen molar-refractivity contribution in [3.63, 3.8) is 0 Å². The van der Waals surface area contributed by atoms with Crippen LogP contribution in [-0.4, -0.2) is 48.8 Å². The molecule has 0 spiro atoms. The Morgan fingerprint density at radius 1 is 1.33 bits per heavy atom. The van der Waals surface area contributed by atoms with Gasteiger partial charge in [0.25, 0.3) is 5.91 Å². The fourth-order valence-corrected chi connectivity index (χ4v) is 2.08. The molecule has 0 aromatic heterocycles. The second kappa shape index (κ2) is 8.52. The van der Waals surface area contributed by atoms with E-state index in [1.807, 2.05) is 20.8 Å².